The Morgan fingerprint density at radius 2 is 1.93 bits per heavy atom. The topological polar surface area (TPSA) is 70.2 Å². The Morgan fingerprint density at radius 1 is 1.23 bits per heavy atom. The average Bonchev–Trinajstić information content (AvgIpc) is 2.65. The van der Waals surface area contributed by atoms with Gasteiger partial charge in [-0.3, -0.25) is 14.8 Å². The number of hydrogen-bond donors (Lipinski definition) is 2. The number of amides is 1. The van der Waals surface area contributed by atoms with Crippen molar-refractivity contribution in [2.75, 3.05) is 31.6 Å². The fraction of sp³-hybridized carbons (Fsp3) is 0.591. The molecule has 0 saturated carbocycles. The molecule has 2 aromatic rings. The predicted octanol–water partition coefficient (Wildman–Crippen LogP) is 3.35. The summed E-state index contributed by atoms with van der Waals surface area (Å²) in [5, 5.41) is 6.70. The van der Waals surface area contributed by atoms with Crippen LogP contribution in [0, 0.1) is 11.3 Å². The lowest BCUT2D eigenvalue weighted by atomic mass is 9.88. The number of carbonyl (C=O) groups is 1. The predicted molar refractivity (Wildman–Crippen MR) is 132 cm³/mol. The summed E-state index contributed by atoms with van der Waals surface area (Å²) in [5.74, 6) is 0.611. The summed E-state index contributed by atoms with van der Waals surface area (Å²) < 4.78 is 0. The minimum absolute atomic E-state index is 0.0622. The number of nitrogens with zero attached hydrogens (tertiary/aromatic N) is 3. The summed E-state index contributed by atoms with van der Waals surface area (Å²) in [6.07, 6.45) is 5.02. The number of carbonyl (C=O) groups excluding carboxylic acids is 1. The number of nitrogens with one attached hydrogen (secondary N) is 2. The molecular formula is C22H35N5OP2. The molecule has 4 atom stereocenters. The molecular weight excluding hydrogens is 412 g/mol. The van der Waals surface area contributed by atoms with Gasteiger partial charge in [-0.05, 0) is 36.4 Å². The first-order chi connectivity index (χ1) is 14.2. The van der Waals surface area contributed by atoms with E-state index >= 15 is 0 Å². The summed E-state index contributed by atoms with van der Waals surface area (Å²) in [6, 6.07) is 4.43. The van der Waals surface area contributed by atoms with E-state index in [0.717, 1.165) is 48.3 Å². The van der Waals surface area contributed by atoms with Crippen LogP contribution < -0.4 is 15.5 Å². The summed E-state index contributed by atoms with van der Waals surface area (Å²) in [5.41, 5.74) is 4.06. The lowest BCUT2D eigenvalue weighted by molar-refractivity contribution is -0.123. The maximum atomic E-state index is 12.7. The maximum Gasteiger partial charge on any atom is 0.220 e. The molecule has 3 rings (SSSR count). The van der Waals surface area contributed by atoms with Crippen LogP contribution in [-0.4, -0.2) is 48.6 Å². The fourth-order valence-corrected chi connectivity index (χ4v) is 5.03. The van der Waals surface area contributed by atoms with Crippen molar-refractivity contribution < 1.29 is 4.79 Å². The number of hydrogen-bond acceptors (Lipinski definition) is 5. The fourth-order valence-electron chi connectivity index (χ4n) is 4.49. The van der Waals surface area contributed by atoms with Gasteiger partial charge >= 0.3 is 0 Å². The van der Waals surface area contributed by atoms with Crippen LogP contribution in [0.4, 0.5) is 5.69 Å². The Kier molecular flexibility index (Phi) is 7.66. The highest BCUT2D eigenvalue weighted by Crippen LogP contribution is 2.37. The molecule has 1 aliphatic rings. The van der Waals surface area contributed by atoms with E-state index in [1.54, 1.807) is 12.4 Å². The highest BCUT2D eigenvalue weighted by Gasteiger charge is 2.29. The Balaban J connectivity index is 1.79. The van der Waals surface area contributed by atoms with Gasteiger partial charge in [0.1, 0.15) is 5.52 Å². The Labute approximate surface area is 184 Å². The van der Waals surface area contributed by atoms with Crippen LogP contribution in [0.1, 0.15) is 44.6 Å². The van der Waals surface area contributed by atoms with E-state index in [9.17, 15) is 4.79 Å². The number of benzene rings is 1. The lowest BCUT2D eigenvalue weighted by Gasteiger charge is -2.39. The third-order valence-electron chi connectivity index (χ3n) is 5.65. The number of aromatic nitrogens is 2. The summed E-state index contributed by atoms with van der Waals surface area (Å²) in [4.78, 5) is 24.3. The molecule has 0 spiro atoms. The third-order valence-corrected chi connectivity index (χ3v) is 6.37. The zero-order valence-corrected chi connectivity index (χ0v) is 20.8. The van der Waals surface area contributed by atoms with Crippen molar-refractivity contribution in [1.82, 2.24) is 20.6 Å². The Bertz CT molecular complexity index is 889. The second-order valence-electron chi connectivity index (χ2n) is 9.33. The van der Waals surface area contributed by atoms with Crippen LogP contribution in [0.25, 0.3) is 11.0 Å². The molecule has 6 nitrogen and oxygen atoms in total. The van der Waals surface area contributed by atoms with Crippen molar-refractivity contribution in [3.63, 3.8) is 0 Å². The van der Waals surface area contributed by atoms with E-state index in [1.165, 1.54) is 0 Å². The van der Waals surface area contributed by atoms with Crippen LogP contribution in [0.2, 0.25) is 0 Å². The van der Waals surface area contributed by atoms with Gasteiger partial charge in [0.15, 0.2) is 0 Å². The van der Waals surface area contributed by atoms with E-state index < -0.39 is 0 Å². The summed E-state index contributed by atoms with van der Waals surface area (Å²) >= 11 is 0. The monoisotopic (exact) mass is 447 g/mol. The second kappa shape index (κ2) is 9.85. The number of piperidine rings is 1. The van der Waals surface area contributed by atoms with Gasteiger partial charge in [0, 0.05) is 49.9 Å². The van der Waals surface area contributed by atoms with Gasteiger partial charge in [-0.2, -0.15) is 0 Å². The Hall–Kier alpha value is -1.35. The molecule has 0 aliphatic carbocycles. The molecule has 1 fully saturated rings. The molecule has 8 heteroatoms. The zero-order chi connectivity index (χ0) is 21.9. The number of fused-ring (bicyclic) bond motifs is 1. The quantitative estimate of drug-likeness (QED) is 0.637. The molecule has 0 radical (unpaired) electrons. The average molecular weight is 448 g/mol. The smallest absolute Gasteiger partial charge is 0.220 e. The van der Waals surface area contributed by atoms with Crippen molar-refractivity contribution in [2.45, 2.75) is 45.1 Å². The SMILES string of the molecule is CNCC(C)(C)CC(=O)N[C@@H]1C[C@H](C)CN(c2ccc(C(P)P)c3nccnc23)C1. The van der Waals surface area contributed by atoms with E-state index in [0.29, 0.717) is 12.3 Å². The lowest BCUT2D eigenvalue weighted by Crippen LogP contribution is -2.51. The molecule has 0 bridgehead atoms. The highest BCUT2D eigenvalue weighted by molar-refractivity contribution is 7.37. The van der Waals surface area contributed by atoms with Gasteiger partial charge in [-0.15, -0.1) is 18.5 Å². The first-order valence-electron chi connectivity index (χ1n) is 10.6. The van der Waals surface area contributed by atoms with Gasteiger partial charge in [0.05, 0.1) is 11.2 Å². The van der Waals surface area contributed by atoms with Gasteiger partial charge in [-0.1, -0.05) is 26.8 Å². The first-order valence-corrected chi connectivity index (χ1v) is 12.0. The minimum Gasteiger partial charge on any atom is -0.367 e. The Morgan fingerprint density at radius 3 is 2.60 bits per heavy atom. The van der Waals surface area contributed by atoms with Crippen LogP contribution in [0.3, 0.4) is 0 Å². The maximum absolute atomic E-state index is 12.7. The molecule has 2 heterocycles. The van der Waals surface area contributed by atoms with E-state index in [4.69, 9.17) is 0 Å². The zero-order valence-electron chi connectivity index (χ0n) is 18.5. The van der Waals surface area contributed by atoms with Gasteiger partial charge in [-0.25, -0.2) is 0 Å². The standard InChI is InChI=1S/C22H35N5OP2/c1-14-9-15(26-18(28)10-22(2,3)13-23-4)12-27(11-14)17-6-5-16(21(29)30)19-20(17)25-8-7-24-19/h5-8,14-15,21,23H,9-13,29-30H2,1-4H3,(H,26,28)/t14-,15+/m0/s1. The van der Waals surface area contributed by atoms with Crippen molar-refractivity contribution in [3.8, 4) is 0 Å². The van der Waals surface area contributed by atoms with E-state index in [1.807, 2.05) is 7.05 Å². The molecule has 1 saturated heterocycles. The van der Waals surface area contributed by atoms with Crippen LogP contribution >= 0.6 is 18.5 Å². The molecule has 30 heavy (non-hydrogen) atoms. The minimum atomic E-state index is -0.0622. The normalized spacial score (nSPS) is 20.0. The summed E-state index contributed by atoms with van der Waals surface area (Å²) in [6.45, 7) is 9.05. The van der Waals surface area contributed by atoms with Gasteiger partial charge < -0.3 is 15.5 Å². The highest BCUT2D eigenvalue weighted by atomic mass is 31.1. The van der Waals surface area contributed by atoms with Crippen molar-refractivity contribution in [3.05, 3.63) is 30.1 Å². The van der Waals surface area contributed by atoms with Gasteiger partial charge in [0.2, 0.25) is 5.91 Å². The van der Waals surface area contributed by atoms with Crippen molar-refractivity contribution >= 4 is 41.1 Å². The van der Waals surface area contributed by atoms with Crippen LogP contribution in [0.5, 0.6) is 0 Å². The van der Waals surface area contributed by atoms with Crippen LogP contribution in [-0.2, 0) is 4.79 Å². The largest absolute Gasteiger partial charge is 0.367 e. The third kappa shape index (κ3) is 5.66. The molecule has 1 aliphatic heterocycles. The summed E-state index contributed by atoms with van der Waals surface area (Å²) in [7, 11) is 7.55. The van der Waals surface area contributed by atoms with E-state index in [2.05, 4.69) is 76.9 Å². The number of rotatable bonds is 7. The first kappa shape index (κ1) is 23.3. The molecule has 1 aromatic heterocycles. The molecule has 1 aromatic carbocycles. The van der Waals surface area contributed by atoms with Gasteiger partial charge in [0.25, 0.3) is 0 Å². The molecule has 2 N–H and O–H groups in total. The molecule has 1 amide bonds. The number of anilines is 1. The second-order valence-corrected chi connectivity index (χ2v) is 11.5. The van der Waals surface area contributed by atoms with Crippen molar-refractivity contribution in [2.24, 2.45) is 11.3 Å². The molecule has 2 unspecified atom stereocenters. The van der Waals surface area contributed by atoms with E-state index in [-0.39, 0.29) is 22.8 Å². The van der Waals surface area contributed by atoms with Crippen LogP contribution in [0.15, 0.2) is 24.5 Å². The molecule has 164 valence electrons. The van der Waals surface area contributed by atoms with Crippen molar-refractivity contribution in [1.29, 1.82) is 0 Å².